The van der Waals surface area contributed by atoms with Crippen LogP contribution in [-0.2, 0) is 12.0 Å². The molecule has 2 unspecified atom stereocenters. The Bertz CT molecular complexity index is 350. The van der Waals surface area contributed by atoms with Gasteiger partial charge < -0.3 is 10.3 Å². The largest absolute Gasteiger partial charge is 0.339 e. The third-order valence-electron chi connectivity index (χ3n) is 3.61. The lowest BCUT2D eigenvalue weighted by Gasteiger charge is -2.19. The standard InChI is InChI=1S/C12H21N3O/c1-3-5-10-14-11(15-16-10)12(13)7-6-9(4-2)8-12/h9H,3-8,13H2,1-2H3. The van der Waals surface area contributed by atoms with E-state index in [0.717, 1.165) is 37.5 Å². The third kappa shape index (κ3) is 2.12. The minimum atomic E-state index is -0.337. The van der Waals surface area contributed by atoms with Gasteiger partial charge in [-0.3, -0.25) is 0 Å². The molecule has 0 saturated heterocycles. The van der Waals surface area contributed by atoms with Crippen molar-refractivity contribution in [2.75, 3.05) is 0 Å². The van der Waals surface area contributed by atoms with Crippen LogP contribution in [0.15, 0.2) is 4.52 Å². The molecule has 16 heavy (non-hydrogen) atoms. The van der Waals surface area contributed by atoms with Crippen LogP contribution in [0.25, 0.3) is 0 Å². The van der Waals surface area contributed by atoms with E-state index < -0.39 is 0 Å². The number of aromatic nitrogens is 2. The van der Waals surface area contributed by atoms with Crippen LogP contribution in [0.4, 0.5) is 0 Å². The zero-order valence-electron chi connectivity index (χ0n) is 10.2. The number of aryl methyl sites for hydroxylation is 1. The Balaban J connectivity index is 2.10. The zero-order chi connectivity index (χ0) is 11.6. The molecule has 2 N–H and O–H groups in total. The highest BCUT2D eigenvalue weighted by Crippen LogP contribution is 2.40. The Morgan fingerprint density at radius 2 is 2.31 bits per heavy atom. The Kier molecular flexibility index (Phi) is 3.28. The SMILES string of the molecule is CCCc1nc(C2(N)CCC(CC)C2)no1. The molecule has 0 spiro atoms. The zero-order valence-corrected chi connectivity index (χ0v) is 10.2. The lowest BCUT2D eigenvalue weighted by molar-refractivity contribution is 0.342. The molecule has 1 heterocycles. The van der Waals surface area contributed by atoms with Gasteiger partial charge in [-0.2, -0.15) is 4.98 Å². The van der Waals surface area contributed by atoms with Crippen molar-refractivity contribution >= 4 is 0 Å². The Morgan fingerprint density at radius 3 is 2.94 bits per heavy atom. The van der Waals surface area contributed by atoms with Crippen molar-refractivity contribution in [3.05, 3.63) is 11.7 Å². The van der Waals surface area contributed by atoms with Gasteiger partial charge in [-0.15, -0.1) is 0 Å². The second-order valence-electron chi connectivity index (χ2n) is 4.93. The molecule has 0 radical (unpaired) electrons. The van der Waals surface area contributed by atoms with Crippen LogP contribution < -0.4 is 5.73 Å². The summed E-state index contributed by atoms with van der Waals surface area (Å²) in [7, 11) is 0. The summed E-state index contributed by atoms with van der Waals surface area (Å²) >= 11 is 0. The van der Waals surface area contributed by atoms with E-state index in [-0.39, 0.29) is 5.54 Å². The van der Waals surface area contributed by atoms with Crippen LogP contribution in [0.1, 0.15) is 57.7 Å². The minimum Gasteiger partial charge on any atom is -0.339 e. The molecular formula is C12H21N3O. The summed E-state index contributed by atoms with van der Waals surface area (Å²) in [6.45, 7) is 4.32. The maximum Gasteiger partial charge on any atom is 0.226 e. The predicted molar refractivity (Wildman–Crippen MR) is 61.8 cm³/mol. The van der Waals surface area contributed by atoms with Crippen LogP contribution >= 0.6 is 0 Å². The number of hydrogen-bond acceptors (Lipinski definition) is 4. The maximum atomic E-state index is 6.37. The first-order valence-corrected chi connectivity index (χ1v) is 6.30. The fourth-order valence-electron chi connectivity index (χ4n) is 2.51. The Morgan fingerprint density at radius 1 is 1.50 bits per heavy atom. The molecule has 2 atom stereocenters. The summed E-state index contributed by atoms with van der Waals surface area (Å²) in [6, 6.07) is 0. The predicted octanol–water partition coefficient (Wildman–Crippen LogP) is 2.39. The summed E-state index contributed by atoms with van der Waals surface area (Å²) in [5.74, 6) is 2.16. The summed E-state index contributed by atoms with van der Waals surface area (Å²) < 4.78 is 5.21. The molecule has 90 valence electrons. The molecule has 1 aromatic rings. The van der Waals surface area contributed by atoms with E-state index in [2.05, 4.69) is 24.0 Å². The first-order valence-electron chi connectivity index (χ1n) is 6.30. The molecular weight excluding hydrogens is 202 g/mol. The van der Waals surface area contributed by atoms with Crippen molar-refractivity contribution in [3.63, 3.8) is 0 Å². The van der Waals surface area contributed by atoms with Crippen LogP contribution in [-0.4, -0.2) is 10.1 Å². The average Bonchev–Trinajstić information content (AvgIpc) is 2.86. The van der Waals surface area contributed by atoms with Gasteiger partial charge in [0.05, 0.1) is 5.54 Å². The van der Waals surface area contributed by atoms with Crippen LogP contribution in [0.2, 0.25) is 0 Å². The van der Waals surface area contributed by atoms with E-state index in [0.29, 0.717) is 5.82 Å². The van der Waals surface area contributed by atoms with Crippen molar-refractivity contribution in [2.24, 2.45) is 11.7 Å². The molecule has 0 amide bonds. The molecule has 1 aromatic heterocycles. The van der Waals surface area contributed by atoms with Crippen LogP contribution in [0, 0.1) is 5.92 Å². The maximum absolute atomic E-state index is 6.37. The van der Waals surface area contributed by atoms with Crippen LogP contribution in [0.5, 0.6) is 0 Å². The number of nitrogens with zero attached hydrogens (tertiary/aromatic N) is 2. The quantitative estimate of drug-likeness (QED) is 0.851. The molecule has 1 aliphatic rings. The summed E-state index contributed by atoms with van der Waals surface area (Å²) in [4.78, 5) is 4.42. The highest BCUT2D eigenvalue weighted by molar-refractivity contribution is 5.07. The second-order valence-corrected chi connectivity index (χ2v) is 4.93. The molecule has 0 bridgehead atoms. The van der Waals surface area contributed by atoms with Gasteiger partial charge in [-0.05, 0) is 31.6 Å². The lowest BCUT2D eigenvalue weighted by atomic mass is 9.95. The van der Waals surface area contributed by atoms with Crippen molar-refractivity contribution in [3.8, 4) is 0 Å². The van der Waals surface area contributed by atoms with Gasteiger partial charge in [-0.1, -0.05) is 25.4 Å². The Labute approximate surface area is 96.6 Å². The highest BCUT2D eigenvalue weighted by Gasteiger charge is 2.40. The summed E-state index contributed by atoms with van der Waals surface area (Å²) in [6.07, 6.45) is 6.23. The van der Waals surface area contributed by atoms with Crippen molar-refractivity contribution < 1.29 is 4.52 Å². The van der Waals surface area contributed by atoms with Gasteiger partial charge in [0, 0.05) is 6.42 Å². The molecule has 2 rings (SSSR count). The summed E-state index contributed by atoms with van der Waals surface area (Å²) in [5.41, 5.74) is 6.03. The van der Waals surface area contributed by atoms with Crippen molar-refractivity contribution in [1.29, 1.82) is 0 Å². The molecule has 0 aliphatic heterocycles. The number of hydrogen-bond donors (Lipinski definition) is 1. The molecule has 1 aliphatic carbocycles. The van der Waals surface area contributed by atoms with E-state index in [1.807, 2.05) is 0 Å². The van der Waals surface area contributed by atoms with E-state index in [9.17, 15) is 0 Å². The second kappa shape index (κ2) is 4.53. The minimum absolute atomic E-state index is 0.337. The van der Waals surface area contributed by atoms with Gasteiger partial charge in [0.15, 0.2) is 5.82 Å². The number of rotatable bonds is 4. The smallest absolute Gasteiger partial charge is 0.226 e. The van der Waals surface area contributed by atoms with Gasteiger partial charge in [-0.25, -0.2) is 0 Å². The fraction of sp³-hybridized carbons (Fsp3) is 0.833. The fourth-order valence-corrected chi connectivity index (χ4v) is 2.51. The molecule has 4 nitrogen and oxygen atoms in total. The number of nitrogens with two attached hydrogens (primary N) is 1. The third-order valence-corrected chi connectivity index (χ3v) is 3.61. The van der Waals surface area contributed by atoms with Gasteiger partial charge in [0.2, 0.25) is 5.89 Å². The highest BCUT2D eigenvalue weighted by atomic mass is 16.5. The first-order chi connectivity index (χ1) is 7.68. The first kappa shape index (κ1) is 11.6. The molecule has 1 fully saturated rings. The van der Waals surface area contributed by atoms with E-state index in [1.165, 1.54) is 12.8 Å². The normalized spacial score (nSPS) is 29.8. The van der Waals surface area contributed by atoms with Gasteiger partial charge in [0.25, 0.3) is 0 Å². The lowest BCUT2D eigenvalue weighted by Crippen LogP contribution is -2.35. The Hall–Kier alpha value is -0.900. The van der Waals surface area contributed by atoms with E-state index >= 15 is 0 Å². The van der Waals surface area contributed by atoms with Gasteiger partial charge >= 0.3 is 0 Å². The molecule has 0 aromatic carbocycles. The molecule has 1 saturated carbocycles. The van der Waals surface area contributed by atoms with Crippen molar-refractivity contribution in [2.45, 2.75) is 57.9 Å². The van der Waals surface area contributed by atoms with E-state index in [1.54, 1.807) is 0 Å². The van der Waals surface area contributed by atoms with Gasteiger partial charge in [0.1, 0.15) is 0 Å². The van der Waals surface area contributed by atoms with E-state index in [4.69, 9.17) is 10.3 Å². The monoisotopic (exact) mass is 223 g/mol. The topological polar surface area (TPSA) is 64.9 Å². The summed E-state index contributed by atoms with van der Waals surface area (Å²) in [5, 5.41) is 4.05. The van der Waals surface area contributed by atoms with Crippen molar-refractivity contribution in [1.82, 2.24) is 10.1 Å². The molecule has 4 heteroatoms. The average molecular weight is 223 g/mol. The van der Waals surface area contributed by atoms with Crippen LogP contribution in [0.3, 0.4) is 0 Å².